The molecule has 6 heterocycles. The molecule has 3 aromatic carbocycles. The molecular weight excluding hydrogens is 742 g/mol. The van der Waals surface area contributed by atoms with Crippen LogP contribution in [0.1, 0.15) is 80.3 Å². The van der Waals surface area contributed by atoms with Gasteiger partial charge in [0.05, 0.1) is 24.9 Å². The van der Waals surface area contributed by atoms with Crippen molar-refractivity contribution in [3.63, 3.8) is 0 Å². The van der Waals surface area contributed by atoms with Gasteiger partial charge < -0.3 is 35.0 Å². The molecule has 1 amide bonds. The highest BCUT2D eigenvalue weighted by Crippen LogP contribution is 2.38. The molecular formula is C47H56FN9O2. The normalized spacial score (nSPS) is 23.4. The number of alkyl halides is 1. The molecule has 3 atom stereocenters. The van der Waals surface area contributed by atoms with Gasteiger partial charge in [0.2, 0.25) is 0 Å². The molecule has 3 saturated heterocycles. The van der Waals surface area contributed by atoms with E-state index in [2.05, 4.69) is 74.2 Å². The molecule has 3 fully saturated rings. The molecule has 59 heavy (non-hydrogen) atoms. The zero-order chi connectivity index (χ0) is 42.4. The molecule has 4 aliphatic heterocycles. The van der Waals surface area contributed by atoms with E-state index in [4.69, 9.17) is 8.48 Å². The van der Waals surface area contributed by atoms with E-state index in [1.54, 1.807) is 18.2 Å². The van der Waals surface area contributed by atoms with Crippen LogP contribution in [0.15, 0.2) is 85.2 Å². The van der Waals surface area contributed by atoms with Crippen LogP contribution in [0, 0.1) is 13.8 Å². The zero-order valence-electron chi connectivity index (χ0n) is 36.0. The number of carbonyl (C=O) groups excluding carboxylic acids is 1. The van der Waals surface area contributed by atoms with Crippen molar-refractivity contribution in [2.45, 2.75) is 70.0 Å². The Bertz CT molecular complexity index is 2440. The van der Waals surface area contributed by atoms with Gasteiger partial charge in [-0.25, -0.2) is 4.39 Å². The molecule has 2 aromatic heterocycles. The summed E-state index contributed by atoms with van der Waals surface area (Å²) < 4.78 is 35.1. The minimum absolute atomic E-state index is 0.0402. The van der Waals surface area contributed by atoms with E-state index in [0.717, 1.165) is 79.8 Å². The van der Waals surface area contributed by atoms with Crippen LogP contribution in [0.5, 0.6) is 5.75 Å². The summed E-state index contributed by atoms with van der Waals surface area (Å²) in [5, 5.41) is 23.0. The fraction of sp³-hybridized carbons (Fsp3) is 0.426. The lowest BCUT2D eigenvalue weighted by atomic mass is 9.86. The number of rotatable bonds is 8. The van der Waals surface area contributed by atoms with Crippen molar-refractivity contribution >= 4 is 34.0 Å². The number of halogens is 1. The standard InChI is InChI=1S/C47H56FN9O2/c1-32-25-35(10-11-39(32)36-7-5-18-55(29-36)42-28-41(51-52-45(42)49)40-8-3-4-9-43(40)58)46(59)54-23-15-47(48,16-24-54)30-53-20-13-37(14-21-53)57-22-12-34-27-38(26-33(2)44(34)57)56-19-6-17-50-31-56/h3-4,6,8-12,19,22,25-28,36-37,50,58H,5,7,13-18,20-21,23-24,29-31H2,1-2H3,(H2,49,52)/i17D,31D. The molecule has 0 aliphatic carbocycles. The molecule has 0 spiro atoms. The van der Waals surface area contributed by atoms with Crippen molar-refractivity contribution in [1.82, 2.24) is 29.9 Å². The number of nitrogens with one attached hydrogen (secondary N) is 1. The van der Waals surface area contributed by atoms with Crippen molar-refractivity contribution in [3.05, 3.63) is 107 Å². The van der Waals surface area contributed by atoms with Crippen molar-refractivity contribution in [2.24, 2.45) is 0 Å². The van der Waals surface area contributed by atoms with E-state index < -0.39 is 18.8 Å². The van der Waals surface area contributed by atoms with Crippen LogP contribution < -0.4 is 20.9 Å². The second-order valence-electron chi connectivity index (χ2n) is 17.0. The number of carbonyl (C=O) groups is 1. The van der Waals surface area contributed by atoms with E-state index in [1.807, 2.05) is 46.3 Å². The maximum Gasteiger partial charge on any atom is 0.253 e. The number of amides is 1. The number of piperidine rings is 3. The maximum absolute atomic E-state index is 16.4. The average Bonchev–Trinajstić information content (AvgIpc) is 3.69. The Morgan fingerprint density at radius 1 is 0.983 bits per heavy atom. The quantitative estimate of drug-likeness (QED) is 0.146. The number of anilines is 3. The van der Waals surface area contributed by atoms with Crippen LogP contribution in [0.2, 0.25) is 0 Å². The molecule has 308 valence electrons. The smallest absolute Gasteiger partial charge is 0.253 e. The summed E-state index contributed by atoms with van der Waals surface area (Å²) in [5.41, 5.74) is 13.2. The van der Waals surface area contributed by atoms with Crippen molar-refractivity contribution in [2.75, 3.05) is 74.5 Å². The van der Waals surface area contributed by atoms with Crippen LogP contribution >= 0.6 is 0 Å². The minimum atomic E-state index is -1.33. The summed E-state index contributed by atoms with van der Waals surface area (Å²) in [4.78, 5) is 22.0. The lowest BCUT2D eigenvalue weighted by Crippen LogP contribution is -2.51. The van der Waals surface area contributed by atoms with Gasteiger partial charge in [-0.15, -0.1) is 10.2 Å². The van der Waals surface area contributed by atoms with E-state index in [0.29, 0.717) is 61.2 Å². The van der Waals surface area contributed by atoms with Crippen molar-refractivity contribution < 1.29 is 17.0 Å². The number of benzene rings is 3. The number of aromatic hydroxyl groups is 1. The van der Waals surface area contributed by atoms with Crippen LogP contribution in [-0.2, 0) is 0 Å². The molecule has 11 nitrogen and oxygen atoms in total. The number of nitrogen functional groups attached to an aromatic ring is 1. The number of aryl methyl sites for hydroxylation is 2. The van der Waals surface area contributed by atoms with Crippen LogP contribution in [0.25, 0.3) is 22.2 Å². The first-order valence-electron chi connectivity index (χ1n) is 22.2. The number of likely N-dealkylation sites (tertiary alicyclic amines) is 2. The fourth-order valence-electron chi connectivity index (χ4n) is 9.86. The summed E-state index contributed by atoms with van der Waals surface area (Å²) in [6.45, 7) is 7.32. The Kier molecular flexibility index (Phi) is 10.1. The van der Waals surface area contributed by atoms with Gasteiger partial charge in [0.15, 0.2) is 5.82 Å². The zero-order valence-corrected chi connectivity index (χ0v) is 34.0. The predicted octanol–water partition coefficient (Wildman–Crippen LogP) is 7.55. The Hall–Kier alpha value is -5.46. The number of nitrogens with zero attached hydrogens (tertiary/aromatic N) is 7. The van der Waals surface area contributed by atoms with Gasteiger partial charge in [0, 0.05) is 113 Å². The van der Waals surface area contributed by atoms with Crippen molar-refractivity contribution in [3.8, 4) is 17.0 Å². The van der Waals surface area contributed by atoms with Gasteiger partial charge in [-0.1, -0.05) is 24.3 Å². The molecule has 0 saturated carbocycles. The molecule has 4 N–H and O–H groups in total. The van der Waals surface area contributed by atoms with Crippen LogP contribution in [0.4, 0.5) is 21.6 Å². The molecule has 3 unspecified atom stereocenters. The third-order valence-corrected chi connectivity index (χ3v) is 13.0. The Morgan fingerprint density at radius 3 is 2.58 bits per heavy atom. The number of phenolic OH excluding ortho intramolecular Hbond substituents is 1. The summed E-state index contributed by atoms with van der Waals surface area (Å²) in [6.07, 6.45) is 10.3. The monoisotopic (exact) mass is 799 g/mol. The number of para-hydroxylation sites is 1. The SMILES string of the molecule is [2H]C1C=CN(c2cc(C)c3c(ccn3C3CCN(CC4(F)CCN(C(=O)c5ccc(C6CCCN(c7cc(-c8ccccc8O)nnc7N)C6)c(C)c5)CC4)CC3)c2)C([2H])N1. The van der Waals surface area contributed by atoms with Gasteiger partial charge >= 0.3 is 0 Å². The summed E-state index contributed by atoms with van der Waals surface area (Å²) >= 11 is 0. The van der Waals surface area contributed by atoms with Gasteiger partial charge in [0.1, 0.15) is 11.4 Å². The first kappa shape index (κ1) is 36.6. The van der Waals surface area contributed by atoms with Crippen molar-refractivity contribution in [1.29, 1.82) is 0 Å². The first-order valence-corrected chi connectivity index (χ1v) is 21.1. The Labute approximate surface area is 349 Å². The predicted molar refractivity (Wildman–Crippen MR) is 234 cm³/mol. The molecule has 5 aromatic rings. The van der Waals surface area contributed by atoms with Crippen LogP contribution in [0.3, 0.4) is 0 Å². The molecule has 9 rings (SSSR count). The number of aromatic nitrogens is 3. The number of nitrogens with two attached hydrogens (primary N) is 1. The number of fused-ring (bicyclic) bond motifs is 1. The van der Waals surface area contributed by atoms with Crippen LogP contribution in [-0.4, -0.2) is 100 Å². The largest absolute Gasteiger partial charge is 0.507 e. The lowest BCUT2D eigenvalue weighted by Gasteiger charge is -2.41. The van der Waals surface area contributed by atoms with E-state index in [-0.39, 0.29) is 17.6 Å². The summed E-state index contributed by atoms with van der Waals surface area (Å²) in [5.74, 6) is 0.695. The first-order chi connectivity index (χ1) is 29.4. The fourth-order valence-corrected chi connectivity index (χ4v) is 9.86. The molecule has 0 bridgehead atoms. The highest BCUT2D eigenvalue weighted by molar-refractivity contribution is 5.94. The van der Waals surface area contributed by atoms with Gasteiger partial charge in [-0.2, -0.15) is 0 Å². The number of hydrogen-bond acceptors (Lipinski definition) is 9. The van der Waals surface area contributed by atoms with E-state index >= 15 is 4.39 Å². The molecule has 12 heteroatoms. The highest BCUT2D eigenvalue weighted by Gasteiger charge is 2.39. The Balaban J connectivity index is 0.782. The number of hydrogen-bond donors (Lipinski definition) is 3. The highest BCUT2D eigenvalue weighted by atomic mass is 19.1. The minimum Gasteiger partial charge on any atom is -0.507 e. The Morgan fingerprint density at radius 2 is 1.80 bits per heavy atom. The summed E-state index contributed by atoms with van der Waals surface area (Å²) in [7, 11) is 0. The van der Waals surface area contributed by atoms with Gasteiger partial charge in [-0.3, -0.25) is 10.1 Å². The maximum atomic E-state index is 16.4. The van der Waals surface area contributed by atoms with Gasteiger partial charge in [0.25, 0.3) is 5.91 Å². The third kappa shape index (κ3) is 8.00. The topological polar surface area (TPSA) is 119 Å². The molecule has 0 radical (unpaired) electrons. The lowest BCUT2D eigenvalue weighted by molar-refractivity contribution is 0.0158. The second-order valence-corrected chi connectivity index (χ2v) is 17.0. The average molecular weight is 800 g/mol. The van der Waals surface area contributed by atoms with E-state index in [1.165, 1.54) is 11.1 Å². The number of phenols is 1. The summed E-state index contributed by atoms with van der Waals surface area (Å²) in [6, 6.07) is 21.7. The second kappa shape index (κ2) is 16.3. The van der Waals surface area contributed by atoms with E-state index in [9.17, 15) is 9.90 Å². The van der Waals surface area contributed by atoms with Gasteiger partial charge in [-0.05, 0) is 105 Å². The third-order valence-electron chi connectivity index (χ3n) is 13.0. The molecule has 4 aliphatic rings.